The highest BCUT2D eigenvalue weighted by atomic mass is 16.5. The van der Waals surface area contributed by atoms with Gasteiger partial charge >= 0.3 is 0 Å². The third kappa shape index (κ3) is 3.26. The van der Waals surface area contributed by atoms with Crippen LogP contribution in [0, 0.1) is 0 Å². The number of nitrogens with two attached hydrogens (primary N) is 1. The molecule has 1 heterocycles. The molecule has 0 bridgehead atoms. The summed E-state index contributed by atoms with van der Waals surface area (Å²) in [6.45, 7) is 10.8. The van der Waals surface area contributed by atoms with Gasteiger partial charge in [0.25, 0.3) is 0 Å². The average molecular weight is 240 g/mol. The summed E-state index contributed by atoms with van der Waals surface area (Å²) < 4.78 is 7.54. The molecule has 0 atom stereocenters. The predicted octanol–water partition coefficient (Wildman–Crippen LogP) is 1.46. The average Bonchev–Trinajstić information content (AvgIpc) is 2.59. The van der Waals surface area contributed by atoms with E-state index in [1.54, 1.807) is 7.11 Å². The van der Waals surface area contributed by atoms with Gasteiger partial charge in [-0.2, -0.15) is 0 Å². The minimum absolute atomic E-state index is 0.0721. The summed E-state index contributed by atoms with van der Waals surface area (Å²) in [4.78, 5) is 0. The highest BCUT2D eigenvalue weighted by Crippen LogP contribution is 2.22. The van der Waals surface area contributed by atoms with Gasteiger partial charge in [-0.15, -0.1) is 10.2 Å². The lowest BCUT2D eigenvalue weighted by Gasteiger charge is -2.28. The number of methoxy groups -OCH3 is 1. The van der Waals surface area contributed by atoms with Crippen LogP contribution in [0.4, 0.5) is 0 Å². The Kier molecular flexibility index (Phi) is 3.94. The van der Waals surface area contributed by atoms with Gasteiger partial charge < -0.3 is 15.0 Å². The summed E-state index contributed by atoms with van der Waals surface area (Å²) in [5, 5.41) is 8.39. The smallest absolute Gasteiger partial charge is 0.147 e. The van der Waals surface area contributed by atoms with Crippen molar-refractivity contribution in [3.63, 3.8) is 0 Å². The van der Waals surface area contributed by atoms with Gasteiger partial charge in [-0.05, 0) is 34.6 Å². The Morgan fingerprint density at radius 2 is 1.65 bits per heavy atom. The van der Waals surface area contributed by atoms with Crippen LogP contribution < -0.4 is 5.73 Å². The topological polar surface area (TPSA) is 66.0 Å². The van der Waals surface area contributed by atoms with E-state index < -0.39 is 0 Å². The second kappa shape index (κ2) is 4.74. The summed E-state index contributed by atoms with van der Waals surface area (Å²) >= 11 is 0. The van der Waals surface area contributed by atoms with Crippen molar-refractivity contribution in [2.75, 3.05) is 7.11 Å². The van der Waals surface area contributed by atoms with E-state index in [0.717, 1.165) is 11.6 Å². The Balaban J connectivity index is 3.13. The maximum Gasteiger partial charge on any atom is 0.147 e. The molecule has 98 valence electrons. The molecule has 0 fully saturated rings. The first-order chi connectivity index (χ1) is 7.71. The van der Waals surface area contributed by atoms with E-state index in [1.165, 1.54) is 0 Å². The number of aromatic nitrogens is 3. The Morgan fingerprint density at radius 3 is 2.06 bits per heavy atom. The molecule has 1 rings (SSSR count). The van der Waals surface area contributed by atoms with Gasteiger partial charge in [-0.1, -0.05) is 0 Å². The fourth-order valence-electron chi connectivity index (χ4n) is 1.83. The third-order valence-electron chi connectivity index (χ3n) is 2.79. The first kappa shape index (κ1) is 14.1. The molecule has 0 aromatic carbocycles. The normalized spacial score (nSPS) is 13.1. The molecule has 17 heavy (non-hydrogen) atoms. The van der Waals surface area contributed by atoms with Gasteiger partial charge in [0.05, 0.1) is 12.1 Å². The zero-order chi connectivity index (χ0) is 13.3. The SMILES string of the molecule is COC(C)(C)Cc1nnc(CN)n1C(C)(C)C. The van der Waals surface area contributed by atoms with Crippen LogP contribution in [0.5, 0.6) is 0 Å². The Morgan fingerprint density at radius 1 is 1.12 bits per heavy atom. The molecule has 5 nitrogen and oxygen atoms in total. The van der Waals surface area contributed by atoms with Crippen molar-refractivity contribution in [1.29, 1.82) is 0 Å². The summed E-state index contributed by atoms with van der Waals surface area (Å²) in [6.07, 6.45) is 0.716. The molecule has 0 radical (unpaired) electrons. The van der Waals surface area contributed by atoms with Gasteiger partial charge in [-0.25, -0.2) is 0 Å². The van der Waals surface area contributed by atoms with E-state index in [-0.39, 0.29) is 11.1 Å². The molecule has 1 aromatic heterocycles. The Bertz CT molecular complexity index is 376. The number of ether oxygens (including phenoxy) is 1. The van der Waals surface area contributed by atoms with E-state index in [2.05, 4.69) is 35.5 Å². The van der Waals surface area contributed by atoms with E-state index in [0.29, 0.717) is 13.0 Å². The second-order valence-corrected chi connectivity index (χ2v) is 5.88. The van der Waals surface area contributed by atoms with Crippen LogP contribution >= 0.6 is 0 Å². The van der Waals surface area contributed by atoms with Crippen molar-refractivity contribution in [2.24, 2.45) is 5.73 Å². The molecule has 0 aliphatic carbocycles. The zero-order valence-electron chi connectivity index (χ0n) is 11.7. The number of hydrogen-bond acceptors (Lipinski definition) is 4. The molecule has 0 saturated heterocycles. The minimum atomic E-state index is -0.248. The van der Waals surface area contributed by atoms with Gasteiger partial charge in [0, 0.05) is 19.1 Å². The van der Waals surface area contributed by atoms with Crippen LogP contribution in [0.1, 0.15) is 46.3 Å². The van der Waals surface area contributed by atoms with E-state index in [9.17, 15) is 0 Å². The van der Waals surface area contributed by atoms with E-state index in [1.807, 2.05) is 13.8 Å². The first-order valence-corrected chi connectivity index (χ1v) is 5.90. The van der Waals surface area contributed by atoms with Crippen LogP contribution in [-0.2, 0) is 23.2 Å². The predicted molar refractivity (Wildman–Crippen MR) is 67.7 cm³/mol. The number of rotatable bonds is 4. The quantitative estimate of drug-likeness (QED) is 0.865. The maximum atomic E-state index is 5.70. The molecular weight excluding hydrogens is 216 g/mol. The van der Waals surface area contributed by atoms with Crippen molar-refractivity contribution in [1.82, 2.24) is 14.8 Å². The van der Waals surface area contributed by atoms with Crippen LogP contribution in [0.25, 0.3) is 0 Å². The standard InChI is InChI=1S/C12H24N4O/c1-11(2,3)16-9(7-12(4,5)17-6)14-15-10(16)8-13/h7-8,13H2,1-6H3. The number of hydrogen-bond donors (Lipinski definition) is 1. The summed E-state index contributed by atoms with van der Waals surface area (Å²) in [6, 6.07) is 0. The second-order valence-electron chi connectivity index (χ2n) is 5.88. The third-order valence-corrected chi connectivity index (χ3v) is 2.79. The lowest BCUT2D eigenvalue weighted by atomic mass is 10.0. The van der Waals surface area contributed by atoms with Gasteiger partial charge in [0.15, 0.2) is 0 Å². The lowest BCUT2D eigenvalue weighted by molar-refractivity contribution is 0.0201. The lowest BCUT2D eigenvalue weighted by Crippen LogP contribution is -2.32. The highest BCUT2D eigenvalue weighted by molar-refractivity contribution is 5.03. The molecule has 0 saturated carbocycles. The van der Waals surface area contributed by atoms with Crippen LogP contribution in [0.15, 0.2) is 0 Å². The van der Waals surface area contributed by atoms with Crippen molar-refractivity contribution >= 4 is 0 Å². The molecule has 1 aromatic rings. The molecule has 0 aliphatic rings. The summed E-state index contributed by atoms with van der Waals surface area (Å²) in [7, 11) is 1.71. The molecule has 0 amide bonds. The molecule has 5 heteroatoms. The summed E-state index contributed by atoms with van der Waals surface area (Å²) in [5.74, 6) is 1.74. The van der Waals surface area contributed by atoms with Crippen molar-refractivity contribution in [2.45, 2.75) is 58.7 Å². The van der Waals surface area contributed by atoms with E-state index in [4.69, 9.17) is 10.5 Å². The fourth-order valence-corrected chi connectivity index (χ4v) is 1.83. The van der Waals surface area contributed by atoms with Crippen LogP contribution in [0.3, 0.4) is 0 Å². The molecule has 0 aliphatic heterocycles. The fraction of sp³-hybridized carbons (Fsp3) is 0.833. The largest absolute Gasteiger partial charge is 0.378 e. The van der Waals surface area contributed by atoms with Gasteiger partial charge in [0.2, 0.25) is 0 Å². The summed E-state index contributed by atoms with van der Waals surface area (Å²) in [5.41, 5.74) is 5.38. The molecule has 2 N–H and O–H groups in total. The first-order valence-electron chi connectivity index (χ1n) is 5.90. The van der Waals surface area contributed by atoms with Gasteiger partial charge in [-0.3, -0.25) is 0 Å². The van der Waals surface area contributed by atoms with Crippen molar-refractivity contribution in [3.05, 3.63) is 11.6 Å². The van der Waals surface area contributed by atoms with Crippen LogP contribution in [-0.4, -0.2) is 27.5 Å². The van der Waals surface area contributed by atoms with Crippen molar-refractivity contribution < 1.29 is 4.74 Å². The highest BCUT2D eigenvalue weighted by Gasteiger charge is 2.27. The Hall–Kier alpha value is -0.940. The van der Waals surface area contributed by atoms with Gasteiger partial charge in [0.1, 0.15) is 11.6 Å². The van der Waals surface area contributed by atoms with Crippen molar-refractivity contribution in [3.8, 4) is 0 Å². The zero-order valence-corrected chi connectivity index (χ0v) is 11.7. The molecule has 0 spiro atoms. The molecular formula is C12H24N4O. The van der Waals surface area contributed by atoms with E-state index >= 15 is 0 Å². The Labute approximate surface area is 103 Å². The minimum Gasteiger partial charge on any atom is -0.378 e. The molecule has 0 unspecified atom stereocenters. The monoisotopic (exact) mass is 240 g/mol. The van der Waals surface area contributed by atoms with Crippen LogP contribution in [0.2, 0.25) is 0 Å². The number of nitrogens with zero attached hydrogens (tertiary/aromatic N) is 3. The maximum absolute atomic E-state index is 5.70.